The zero-order chi connectivity index (χ0) is 19.6. The SMILES string of the molecule is O=C1NC(=O)C(CCC(=O)N2CCC(c3ccc(C(F)(F)F)cc3)CC2)N1. The third-order valence-corrected chi connectivity index (χ3v) is 5.06. The molecule has 2 N–H and O–H groups in total. The highest BCUT2D eigenvalue weighted by Crippen LogP contribution is 2.33. The third-order valence-electron chi connectivity index (χ3n) is 5.06. The number of alkyl halides is 3. The Hall–Kier alpha value is -2.58. The van der Waals surface area contributed by atoms with E-state index in [1.807, 2.05) is 0 Å². The minimum absolute atomic E-state index is 0.0881. The van der Waals surface area contributed by atoms with Crippen LogP contribution in [0.15, 0.2) is 24.3 Å². The fourth-order valence-corrected chi connectivity index (χ4v) is 3.49. The zero-order valence-electron chi connectivity index (χ0n) is 14.5. The van der Waals surface area contributed by atoms with Gasteiger partial charge in [-0.3, -0.25) is 14.9 Å². The lowest BCUT2D eigenvalue weighted by Crippen LogP contribution is -2.39. The molecule has 2 saturated heterocycles. The standard InChI is InChI=1S/C18H20F3N3O3/c19-18(20,21)13-3-1-11(2-4-13)12-7-9-24(10-8-12)15(25)6-5-14-16(26)23-17(27)22-14/h1-4,12,14H,5-10H2,(H2,22,23,26,27). The third kappa shape index (κ3) is 4.58. The van der Waals surface area contributed by atoms with Gasteiger partial charge in [-0.2, -0.15) is 13.2 Å². The van der Waals surface area contributed by atoms with Gasteiger partial charge in [-0.05, 0) is 42.9 Å². The van der Waals surface area contributed by atoms with Gasteiger partial charge >= 0.3 is 12.2 Å². The number of rotatable bonds is 4. The van der Waals surface area contributed by atoms with E-state index in [1.54, 1.807) is 4.90 Å². The second-order valence-corrected chi connectivity index (χ2v) is 6.83. The van der Waals surface area contributed by atoms with Crippen molar-refractivity contribution in [2.24, 2.45) is 0 Å². The van der Waals surface area contributed by atoms with Crippen LogP contribution in [0, 0.1) is 0 Å². The second-order valence-electron chi connectivity index (χ2n) is 6.83. The summed E-state index contributed by atoms with van der Waals surface area (Å²) in [4.78, 5) is 36.5. The molecule has 2 aliphatic rings. The van der Waals surface area contributed by atoms with Crippen LogP contribution in [-0.2, 0) is 15.8 Å². The zero-order valence-corrected chi connectivity index (χ0v) is 14.5. The van der Waals surface area contributed by atoms with Crippen LogP contribution in [0.3, 0.4) is 0 Å². The van der Waals surface area contributed by atoms with Gasteiger partial charge in [0.25, 0.3) is 5.91 Å². The van der Waals surface area contributed by atoms with Gasteiger partial charge in [0.05, 0.1) is 5.56 Å². The summed E-state index contributed by atoms with van der Waals surface area (Å²) in [5.41, 5.74) is 0.183. The van der Waals surface area contributed by atoms with Gasteiger partial charge in [0, 0.05) is 19.5 Å². The van der Waals surface area contributed by atoms with Crippen LogP contribution in [0.25, 0.3) is 0 Å². The molecule has 1 aromatic carbocycles. The number of amides is 4. The molecule has 2 heterocycles. The smallest absolute Gasteiger partial charge is 0.343 e. The Labute approximate surface area is 154 Å². The normalized spacial score (nSPS) is 21.1. The summed E-state index contributed by atoms with van der Waals surface area (Å²) in [5, 5.41) is 4.58. The van der Waals surface area contributed by atoms with E-state index in [9.17, 15) is 27.6 Å². The highest BCUT2D eigenvalue weighted by molar-refractivity contribution is 6.04. The maximum Gasteiger partial charge on any atom is 0.416 e. The molecule has 9 heteroatoms. The number of benzene rings is 1. The van der Waals surface area contributed by atoms with Crippen LogP contribution in [0.5, 0.6) is 0 Å². The average Bonchev–Trinajstić information content (AvgIpc) is 2.96. The number of piperidine rings is 1. The van der Waals surface area contributed by atoms with Crippen molar-refractivity contribution in [3.63, 3.8) is 0 Å². The minimum Gasteiger partial charge on any atom is -0.343 e. The lowest BCUT2D eigenvalue weighted by Gasteiger charge is -2.32. The molecule has 0 spiro atoms. The molecular formula is C18H20F3N3O3. The van der Waals surface area contributed by atoms with E-state index in [2.05, 4.69) is 10.6 Å². The van der Waals surface area contributed by atoms with Crippen LogP contribution in [0.2, 0.25) is 0 Å². The Morgan fingerprint density at radius 2 is 1.74 bits per heavy atom. The van der Waals surface area contributed by atoms with Crippen LogP contribution < -0.4 is 10.6 Å². The van der Waals surface area contributed by atoms with Gasteiger partial charge in [0.15, 0.2) is 0 Å². The highest BCUT2D eigenvalue weighted by Gasteiger charge is 2.32. The fraction of sp³-hybridized carbons (Fsp3) is 0.500. The van der Waals surface area contributed by atoms with Gasteiger partial charge in [-0.25, -0.2) is 4.79 Å². The van der Waals surface area contributed by atoms with E-state index >= 15 is 0 Å². The summed E-state index contributed by atoms with van der Waals surface area (Å²) in [6.07, 6.45) is -2.59. The number of urea groups is 1. The summed E-state index contributed by atoms with van der Waals surface area (Å²) in [5.74, 6) is -0.389. The van der Waals surface area contributed by atoms with Crippen molar-refractivity contribution < 1.29 is 27.6 Å². The second kappa shape index (κ2) is 7.58. The summed E-state index contributed by atoms with van der Waals surface area (Å²) in [6, 6.07) is 3.97. The Morgan fingerprint density at radius 1 is 1.11 bits per heavy atom. The Kier molecular flexibility index (Phi) is 5.38. The molecular weight excluding hydrogens is 363 g/mol. The molecule has 0 aromatic heterocycles. The van der Waals surface area contributed by atoms with Crippen molar-refractivity contribution in [3.05, 3.63) is 35.4 Å². The molecule has 3 rings (SSSR count). The number of halogens is 3. The molecule has 6 nitrogen and oxygen atoms in total. The number of hydrogen-bond acceptors (Lipinski definition) is 3. The molecule has 27 heavy (non-hydrogen) atoms. The molecule has 0 bridgehead atoms. The molecule has 0 saturated carbocycles. The summed E-state index contributed by atoms with van der Waals surface area (Å²) in [7, 11) is 0. The van der Waals surface area contributed by atoms with Gasteiger partial charge in [0.1, 0.15) is 6.04 Å². The van der Waals surface area contributed by atoms with Gasteiger partial charge in [-0.1, -0.05) is 12.1 Å². The molecule has 0 aliphatic carbocycles. The van der Waals surface area contributed by atoms with Crippen molar-refractivity contribution in [3.8, 4) is 0 Å². The Morgan fingerprint density at radius 3 is 2.26 bits per heavy atom. The lowest BCUT2D eigenvalue weighted by atomic mass is 9.89. The summed E-state index contributed by atoms with van der Waals surface area (Å²) >= 11 is 0. The van der Waals surface area contributed by atoms with E-state index in [-0.39, 0.29) is 24.7 Å². The lowest BCUT2D eigenvalue weighted by molar-refractivity contribution is -0.137. The Balaban J connectivity index is 1.47. The molecule has 0 radical (unpaired) electrons. The van der Waals surface area contributed by atoms with Crippen molar-refractivity contribution in [1.82, 2.24) is 15.5 Å². The van der Waals surface area contributed by atoms with Gasteiger partial charge < -0.3 is 10.2 Å². The van der Waals surface area contributed by atoms with Crippen LogP contribution in [0.1, 0.15) is 42.7 Å². The minimum atomic E-state index is -4.34. The maximum absolute atomic E-state index is 12.6. The quantitative estimate of drug-likeness (QED) is 0.784. The summed E-state index contributed by atoms with van der Waals surface area (Å²) in [6.45, 7) is 1.04. The number of imide groups is 1. The largest absolute Gasteiger partial charge is 0.416 e. The molecule has 1 atom stereocenters. The first-order valence-electron chi connectivity index (χ1n) is 8.80. The Bertz CT molecular complexity index is 726. The van der Waals surface area contributed by atoms with Crippen LogP contribution in [0.4, 0.5) is 18.0 Å². The van der Waals surface area contributed by atoms with E-state index in [4.69, 9.17) is 0 Å². The molecule has 2 fully saturated rings. The van der Waals surface area contributed by atoms with Crippen LogP contribution in [-0.4, -0.2) is 41.9 Å². The van der Waals surface area contributed by atoms with Crippen molar-refractivity contribution >= 4 is 17.8 Å². The van der Waals surface area contributed by atoms with Gasteiger partial charge in [-0.15, -0.1) is 0 Å². The van der Waals surface area contributed by atoms with Crippen molar-refractivity contribution in [1.29, 1.82) is 0 Å². The molecule has 1 unspecified atom stereocenters. The fourth-order valence-electron chi connectivity index (χ4n) is 3.49. The molecule has 146 valence electrons. The number of hydrogen-bond donors (Lipinski definition) is 2. The van der Waals surface area contributed by atoms with E-state index in [0.29, 0.717) is 25.9 Å². The first kappa shape index (κ1) is 19.2. The first-order chi connectivity index (χ1) is 12.7. The number of nitrogens with zero attached hydrogens (tertiary/aromatic N) is 1. The number of carbonyl (C=O) groups is 3. The average molecular weight is 383 g/mol. The van der Waals surface area contributed by atoms with Crippen molar-refractivity contribution in [2.75, 3.05) is 13.1 Å². The van der Waals surface area contributed by atoms with Crippen molar-refractivity contribution in [2.45, 2.75) is 43.8 Å². The molecule has 4 amide bonds. The number of carbonyl (C=O) groups excluding carboxylic acids is 3. The van der Waals surface area contributed by atoms with E-state index in [0.717, 1.165) is 17.7 Å². The monoisotopic (exact) mass is 383 g/mol. The van der Waals surface area contributed by atoms with E-state index in [1.165, 1.54) is 12.1 Å². The van der Waals surface area contributed by atoms with Crippen LogP contribution >= 0.6 is 0 Å². The maximum atomic E-state index is 12.6. The predicted octanol–water partition coefficient (Wildman–Crippen LogP) is 2.40. The first-order valence-corrected chi connectivity index (χ1v) is 8.80. The number of nitrogens with one attached hydrogen (secondary N) is 2. The van der Waals surface area contributed by atoms with E-state index < -0.39 is 29.7 Å². The van der Waals surface area contributed by atoms with Gasteiger partial charge in [0.2, 0.25) is 5.91 Å². The molecule has 2 aliphatic heterocycles. The number of likely N-dealkylation sites (tertiary alicyclic amines) is 1. The highest BCUT2D eigenvalue weighted by atomic mass is 19.4. The topological polar surface area (TPSA) is 78.5 Å². The predicted molar refractivity (Wildman–Crippen MR) is 89.7 cm³/mol. The summed E-state index contributed by atoms with van der Waals surface area (Å²) < 4.78 is 37.9. The molecule has 1 aromatic rings.